The third kappa shape index (κ3) is 1.95. The number of hydrogen-bond acceptors (Lipinski definition) is 2. The molecule has 19 heavy (non-hydrogen) atoms. The number of anilines is 1. The number of fused-ring (bicyclic) bond motifs is 2. The molecule has 0 bridgehead atoms. The van der Waals surface area contributed by atoms with Crippen molar-refractivity contribution in [1.82, 2.24) is 0 Å². The molecule has 0 aromatic heterocycles. The van der Waals surface area contributed by atoms with E-state index in [1.807, 2.05) is 11.8 Å². The highest BCUT2D eigenvalue weighted by Crippen LogP contribution is 2.42. The van der Waals surface area contributed by atoms with Crippen LogP contribution in [0, 0.1) is 0 Å². The lowest BCUT2D eigenvalue weighted by molar-refractivity contribution is 0.668. The van der Waals surface area contributed by atoms with Crippen LogP contribution in [0.4, 0.5) is 5.69 Å². The number of aryl methyl sites for hydroxylation is 1. The number of thioether (sulfide) groups is 1. The molecule has 96 valence electrons. The molecule has 0 saturated carbocycles. The van der Waals surface area contributed by atoms with Crippen molar-refractivity contribution in [3.8, 4) is 0 Å². The van der Waals surface area contributed by atoms with Crippen molar-refractivity contribution in [3.63, 3.8) is 0 Å². The molecule has 4 rings (SSSR count). The SMILES string of the molecule is c1ccc2c(c1)CC(N1CCCc3ccccc31)S2. The van der Waals surface area contributed by atoms with Crippen LogP contribution in [-0.4, -0.2) is 11.9 Å². The van der Waals surface area contributed by atoms with Gasteiger partial charge in [-0.1, -0.05) is 36.4 Å². The zero-order valence-electron chi connectivity index (χ0n) is 10.9. The van der Waals surface area contributed by atoms with Crippen LogP contribution in [-0.2, 0) is 12.8 Å². The molecule has 2 aliphatic heterocycles. The number of nitrogens with zero attached hydrogens (tertiary/aromatic N) is 1. The third-order valence-electron chi connectivity index (χ3n) is 4.12. The number of para-hydroxylation sites is 1. The van der Waals surface area contributed by atoms with E-state index in [2.05, 4.69) is 53.4 Å². The first kappa shape index (κ1) is 11.4. The quantitative estimate of drug-likeness (QED) is 0.765. The van der Waals surface area contributed by atoms with E-state index in [1.165, 1.54) is 47.5 Å². The Morgan fingerprint density at radius 3 is 2.63 bits per heavy atom. The Morgan fingerprint density at radius 1 is 0.947 bits per heavy atom. The monoisotopic (exact) mass is 267 g/mol. The Balaban J connectivity index is 1.66. The highest BCUT2D eigenvalue weighted by molar-refractivity contribution is 8.00. The van der Waals surface area contributed by atoms with Crippen LogP contribution in [0.15, 0.2) is 53.4 Å². The van der Waals surface area contributed by atoms with Crippen LogP contribution in [0.3, 0.4) is 0 Å². The molecular weight excluding hydrogens is 250 g/mol. The highest BCUT2D eigenvalue weighted by atomic mass is 32.2. The van der Waals surface area contributed by atoms with Crippen molar-refractivity contribution in [1.29, 1.82) is 0 Å². The summed E-state index contributed by atoms with van der Waals surface area (Å²) >= 11 is 2.03. The standard InChI is InChI=1S/C17H17NS/c1-3-9-15-13(6-1)8-5-11-18(15)17-12-14-7-2-4-10-16(14)19-17/h1-4,6-7,9-10,17H,5,8,11-12H2. The van der Waals surface area contributed by atoms with Gasteiger partial charge in [0.25, 0.3) is 0 Å². The zero-order valence-corrected chi connectivity index (χ0v) is 11.7. The Kier molecular flexibility index (Phi) is 2.77. The summed E-state index contributed by atoms with van der Waals surface area (Å²) in [6.07, 6.45) is 3.69. The van der Waals surface area contributed by atoms with E-state index in [0.717, 1.165) is 0 Å². The molecule has 1 atom stereocenters. The van der Waals surface area contributed by atoms with Crippen LogP contribution >= 0.6 is 11.8 Å². The van der Waals surface area contributed by atoms with Gasteiger partial charge >= 0.3 is 0 Å². The van der Waals surface area contributed by atoms with Gasteiger partial charge in [0.05, 0.1) is 5.37 Å². The Bertz CT molecular complexity index is 583. The van der Waals surface area contributed by atoms with E-state index in [0.29, 0.717) is 5.37 Å². The second-order valence-electron chi connectivity index (χ2n) is 5.31. The first-order valence-electron chi connectivity index (χ1n) is 7.01. The molecule has 2 heterocycles. The molecule has 1 unspecified atom stereocenters. The molecule has 0 N–H and O–H groups in total. The fraction of sp³-hybridized carbons (Fsp3) is 0.294. The molecular formula is C17H17NS. The average molecular weight is 267 g/mol. The third-order valence-corrected chi connectivity index (χ3v) is 5.47. The Morgan fingerprint density at radius 2 is 1.74 bits per heavy atom. The van der Waals surface area contributed by atoms with Gasteiger partial charge in [-0.25, -0.2) is 0 Å². The van der Waals surface area contributed by atoms with E-state index in [4.69, 9.17) is 0 Å². The van der Waals surface area contributed by atoms with Gasteiger partial charge in [-0.2, -0.15) is 0 Å². The summed E-state index contributed by atoms with van der Waals surface area (Å²) in [4.78, 5) is 4.08. The van der Waals surface area contributed by atoms with Crippen molar-refractivity contribution in [2.24, 2.45) is 0 Å². The van der Waals surface area contributed by atoms with Gasteiger partial charge in [0, 0.05) is 23.5 Å². The fourth-order valence-corrected chi connectivity index (χ4v) is 4.56. The fourth-order valence-electron chi connectivity index (χ4n) is 3.20. The van der Waals surface area contributed by atoms with Crippen LogP contribution in [0.25, 0.3) is 0 Å². The van der Waals surface area contributed by atoms with E-state index in [1.54, 1.807) is 0 Å². The van der Waals surface area contributed by atoms with Crippen molar-refractivity contribution in [2.45, 2.75) is 29.5 Å². The van der Waals surface area contributed by atoms with Crippen molar-refractivity contribution in [3.05, 3.63) is 59.7 Å². The summed E-state index contributed by atoms with van der Waals surface area (Å²) in [5, 5.41) is 0.582. The molecule has 2 aromatic carbocycles. The lowest BCUT2D eigenvalue weighted by Crippen LogP contribution is -2.36. The summed E-state index contributed by atoms with van der Waals surface area (Å²) in [7, 11) is 0. The molecule has 1 nitrogen and oxygen atoms in total. The molecule has 2 aromatic rings. The molecule has 0 fully saturated rings. The van der Waals surface area contributed by atoms with Crippen LogP contribution in [0.2, 0.25) is 0 Å². The van der Waals surface area contributed by atoms with E-state index >= 15 is 0 Å². The smallest absolute Gasteiger partial charge is 0.0837 e. The second-order valence-corrected chi connectivity index (χ2v) is 6.53. The summed E-state index contributed by atoms with van der Waals surface area (Å²) < 4.78 is 0. The van der Waals surface area contributed by atoms with E-state index in [9.17, 15) is 0 Å². The Hall–Kier alpha value is -1.41. The predicted molar refractivity (Wildman–Crippen MR) is 81.9 cm³/mol. The summed E-state index contributed by atoms with van der Waals surface area (Å²) in [5.74, 6) is 0. The maximum Gasteiger partial charge on any atom is 0.0837 e. The zero-order chi connectivity index (χ0) is 12.7. The largest absolute Gasteiger partial charge is 0.359 e. The normalized spacial score (nSPS) is 21.1. The first-order chi connectivity index (χ1) is 9.42. The lowest BCUT2D eigenvalue weighted by atomic mass is 10.0. The lowest BCUT2D eigenvalue weighted by Gasteiger charge is -2.35. The topological polar surface area (TPSA) is 3.24 Å². The van der Waals surface area contributed by atoms with Crippen LogP contribution in [0.5, 0.6) is 0 Å². The van der Waals surface area contributed by atoms with Gasteiger partial charge in [0.15, 0.2) is 0 Å². The first-order valence-corrected chi connectivity index (χ1v) is 7.89. The summed E-state index contributed by atoms with van der Waals surface area (Å²) in [6.45, 7) is 1.20. The molecule has 0 amide bonds. The molecule has 2 aliphatic rings. The van der Waals surface area contributed by atoms with Gasteiger partial charge in [-0.05, 0) is 36.1 Å². The van der Waals surface area contributed by atoms with Gasteiger partial charge in [0.1, 0.15) is 0 Å². The van der Waals surface area contributed by atoms with E-state index < -0.39 is 0 Å². The summed E-state index contributed by atoms with van der Waals surface area (Å²) in [6, 6.07) is 17.8. The second kappa shape index (κ2) is 4.61. The minimum atomic E-state index is 0.582. The van der Waals surface area contributed by atoms with Gasteiger partial charge in [-0.3, -0.25) is 0 Å². The van der Waals surface area contributed by atoms with Crippen molar-refractivity contribution in [2.75, 3.05) is 11.4 Å². The number of benzene rings is 2. The van der Waals surface area contributed by atoms with Gasteiger partial charge in [0.2, 0.25) is 0 Å². The Labute approximate surface area is 118 Å². The maximum absolute atomic E-state index is 2.61. The summed E-state index contributed by atoms with van der Waals surface area (Å²) in [5.41, 5.74) is 4.49. The minimum absolute atomic E-state index is 0.582. The minimum Gasteiger partial charge on any atom is -0.359 e. The molecule has 0 aliphatic carbocycles. The molecule has 0 spiro atoms. The number of rotatable bonds is 1. The van der Waals surface area contributed by atoms with Crippen molar-refractivity contribution < 1.29 is 0 Å². The molecule has 2 heteroatoms. The maximum atomic E-state index is 2.61. The highest BCUT2D eigenvalue weighted by Gasteiger charge is 2.29. The number of hydrogen-bond donors (Lipinski definition) is 0. The van der Waals surface area contributed by atoms with E-state index in [-0.39, 0.29) is 0 Å². The van der Waals surface area contributed by atoms with Crippen LogP contribution in [0.1, 0.15) is 17.5 Å². The molecule has 0 radical (unpaired) electrons. The van der Waals surface area contributed by atoms with Crippen LogP contribution < -0.4 is 4.90 Å². The average Bonchev–Trinajstić information content (AvgIpc) is 2.90. The van der Waals surface area contributed by atoms with Crippen molar-refractivity contribution >= 4 is 17.4 Å². The van der Waals surface area contributed by atoms with Gasteiger partial charge in [-0.15, -0.1) is 11.8 Å². The molecule has 0 saturated heterocycles. The van der Waals surface area contributed by atoms with Gasteiger partial charge < -0.3 is 4.90 Å². The predicted octanol–water partition coefficient (Wildman–Crippen LogP) is 4.11.